The predicted octanol–water partition coefficient (Wildman–Crippen LogP) is 4.63. The van der Waals surface area contributed by atoms with Crippen LogP contribution < -0.4 is 5.56 Å². The van der Waals surface area contributed by atoms with Crippen molar-refractivity contribution in [2.24, 2.45) is 0 Å². The van der Waals surface area contributed by atoms with E-state index in [4.69, 9.17) is 4.98 Å². The summed E-state index contributed by atoms with van der Waals surface area (Å²) in [6, 6.07) is 26.0. The Morgan fingerprint density at radius 1 is 0.865 bits per heavy atom. The maximum atomic E-state index is 11.4. The molecule has 3 aromatic heterocycles. The molecule has 0 saturated heterocycles. The number of fused-ring (bicyclic) bond motifs is 1. The van der Waals surface area contributed by atoms with Gasteiger partial charge in [0.05, 0.1) is 16.7 Å². The number of H-pyrrole nitrogens is 2. The molecule has 182 valence electrons. The van der Waals surface area contributed by atoms with Gasteiger partial charge in [0, 0.05) is 30.2 Å². The first-order chi connectivity index (χ1) is 18.2. The van der Waals surface area contributed by atoms with Gasteiger partial charge in [-0.3, -0.25) is 4.79 Å². The normalized spacial score (nSPS) is 11.3. The quantitative estimate of drug-likeness (QED) is 0.338. The molecule has 9 heteroatoms. The Morgan fingerprint density at radius 3 is 2.41 bits per heavy atom. The Hall–Kier alpha value is -4.92. The summed E-state index contributed by atoms with van der Waals surface area (Å²) in [5.74, 6) is 1.69. The third-order valence-electron chi connectivity index (χ3n) is 6.41. The molecule has 2 N–H and O–H groups in total. The van der Waals surface area contributed by atoms with Crippen molar-refractivity contribution in [2.45, 2.75) is 26.3 Å². The first kappa shape index (κ1) is 22.5. The lowest BCUT2D eigenvalue weighted by Gasteiger charge is -2.12. The van der Waals surface area contributed by atoms with Crippen LogP contribution >= 0.6 is 0 Å². The Kier molecular flexibility index (Phi) is 5.86. The fourth-order valence-corrected chi connectivity index (χ4v) is 4.61. The van der Waals surface area contributed by atoms with Crippen molar-refractivity contribution in [1.82, 2.24) is 40.4 Å². The summed E-state index contributed by atoms with van der Waals surface area (Å²) in [7, 11) is 0. The third-order valence-corrected chi connectivity index (χ3v) is 6.41. The molecule has 0 aliphatic carbocycles. The maximum Gasteiger partial charge on any atom is 0.264 e. The molecule has 0 bridgehead atoms. The molecule has 9 nitrogen and oxygen atoms in total. The molecule has 6 aromatic rings. The van der Waals surface area contributed by atoms with Gasteiger partial charge >= 0.3 is 0 Å². The number of nitrogens with one attached hydrogen (secondary N) is 2. The molecule has 0 unspecified atom stereocenters. The molecule has 0 fully saturated rings. The fourth-order valence-electron chi connectivity index (χ4n) is 4.61. The molecule has 0 aliphatic heterocycles. The highest BCUT2D eigenvalue weighted by Crippen LogP contribution is 2.30. The van der Waals surface area contributed by atoms with Crippen LogP contribution in [0.3, 0.4) is 0 Å². The zero-order valence-corrected chi connectivity index (χ0v) is 20.2. The molecule has 3 heterocycles. The fraction of sp³-hybridized carbons (Fsp3) is 0.143. The molecule has 0 atom stereocenters. The van der Waals surface area contributed by atoms with Crippen LogP contribution in [0.15, 0.2) is 83.7 Å². The molecule has 0 saturated carbocycles. The molecular formula is C28H24N8O. The second kappa shape index (κ2) is 9.62. The number of aromatic nitrogens is 8. The first-order valence-electron chi connectivity index (χ1n) is 12.2. The van der Waals surface area contributed by atoms with Crippen molar-refractivity contribution >= 4 is 11.0 Å². The zero-order chi connectivity index (χ0) is 25.2. The molecule has 0 amide bonds. The van der Waals surface area contributed by atoms with Crippen LogP contribution in [-0.4, -0.2) is 40.4 Å². The monoisotopic (exact) mass is 488 g/mol. The molecule has 0 radical (unpaired) electrons. The number of nitrogens with zero attached hydrogens (tertiary/aromatic N) is 6. The van der Waals surface area contributed by atoms with E-state index >= 15 is 0 Å². The summed E-state index contributed by atoms with van der Waals surface area (Å²) in [6.45, 7) is 2.86. The number of tetrazole rings is 1. The van der Waals surface area contributed by atoms with Gasteiger partial charge in [-0.1, -0.05) is 61.5 Å². The molecule has 0 aliphatic rings. The smallest absolute Gasteiger partial charge is 0.264 e. The van der Waals surface area contributed by atoms with Crippen molar-refractivity contribution in [2.75, 3.05) is 0 Å². The average Bonchev–Trinajstić information content (AvgIpc) is 3.59. The van der Waals surface area contributed by atoms with Crippen molar-refractivity contribution in [3.8, 4) is 33.8 Å². The second-order valence-corrected chi connectivity index (χ2v) is 8.87. The Bertz CT molecular complexity index is 1710. The van der Waals surface area contributed by atoms with Gasteiger partial charge in [0.15, 0.2) is 5.82 Å². The summed E-state index contributed by atoms with van der Waals surface area (Å²) in [5.41, 5.74) is 7.70. The zero-order valence-electron chi connectivity index (χ0n) is 20.2. The van der Waals surface area contributed by atoms with Crippen LogP contribution in [-0.2, 0) is 13.0 Å². The second-order valence-electron chi connectivity index (χ2n) is 8.87. The van der Waals surface area contributed by atoms with Crippen LogP contribution in [0.1, 0.15) is 24.7 Å². The van der Waals surface area contributed by atoms with Crippen LogP contribution in [0, 0.1) is 0 Å². The number of imidazole rings is 1. The van der Waals surface area contributed by atoms with Gasteiger partial charge in [-0.2, -0.15) is 5.10 Å². The van der Waals surface area contributed by atoms with Gasteiger partial charge in [0.2, 0.25) is 0 Å². The Labute approximate surface area is 212 Å². The lowest BCUT2D eigenvalue weighted by molar-refractivity contribution is 0.722. The largest absolute Gasteiger partial charge is 0.323 e. The number of aryl methyl sites for hydroxylation is 1. The van der Waals surface area contributed by atoms with E-state index in [-0.39, 0.29) is 5.56 Å². The van der Waals surface area contributed by atoms with E-state index in [0.717, 1.165) is 57.6 Å². The van der Waals surface area contributed by atoms with Crippen molar-refractivity contribution < 1.29 is 0 Å². The summed E-state index contributed by atoms with van der Waals surface area (Å²) in [6.07, 6.45) is 1.89. The van der Waals surface area contributed by atoms with Crippen molar-refractivity contribution in [3.05, 3.63) is 101 Å². The van der Waals surface area contributed by atoms with Gasteiger partial charge in [0.1, 0.15) is 5.82 Å². The Morgan fingerprint density at radius 2 is 1.68 bits per heavy atom. The SMILES string of the molecule is CCCc1nc2ccc(-c3ccc(=O)[nH]n3)cc2n1Cc1ccc(-c2ccccc2-c2nnn[nH]2)cc1. The lowest BCUT2D eigenvalue weighted by atomic mass is 9.98. The van der Waals surface area contributed by atoms with Gasteiger partial charge in [-0.05, 0) is 51.7 Å². The summed E-state index contributed by atoms with van der Waals surface area (Å²) in [4.78, 5) is 16.4. The molecule has 37 heavy (non-hydrogen) atoms. The number of hydrogen-bond donors (Lipinski definition) is 2. The third kappa shape index (κ3) is 4.42. The molecule has 0 spiro atoms. The highest BCUT2D eigenvalue weighted by Gasteiger charge is 2.14. The van der Waals surface area contributed by atoms with E-state index in [1.54, 1.807) is 6.07 Å². The minimum atomic E-state index is -0.219. The molecular weight excluding hydrogens is 464 g/mol. The van der Waals surface area contributed by atoms with E-state index in [1.165, 1.54) is 11.6 Å². The minimum absolute atomic E-state index is 0.219. The molecule has 6 rings (SSSR count). The van der Waals surface area contributed by atoms with Crippen LogP contribution in [0.25, 0.3) is 44.8 Å². The molecule has 3 aromatic carbocycles. The van der Waals surface area contributed by atoms with Crippen molar-refractivity contribution in [3.63, 3.8) is 0 Å². The van der Waals surface area contributed by atoms with E-state index in [2.05, 4.69) is 78.7 Å². The highest BCUT2D eigenvalue weighted by atomic mass is 16.1. The highest BCUT2D eigenvalue weighted by molar-refractivity contribution is 5.82. The summed E-state index contributed by atoms with van der Waals surface area (Å²) >= 11 is 0. The average molecular weight is 489 g/mol. The van der Waals surface area contributed by atoms with Crippen LogP contribution in [0.4, 0.5) is 0 Å². The van der Waals surface area contributed by atoms with E-state index in [9.17, 15) is 4.79 Å². The Balaban J connectivity index is 1.36. The van der Waals surface area contributed by atoms with Crippen LogP contribution in [0.2, 0.25) is 0 Å². The van der Waals surface area contributed by atoms with E-state index in [0.29, 0.717) is 12.4 Å². The summed E-state index contributed by atoms with van der Waals surface area (Å²) in [5, 5.41) is 21.1. The first-order valence-corrected chi connectivity index (χ1v) is 12.2. The summed E-state index contributed by atoms with van der Waals surface area (Å²) < 4.78 is 2.27. The number of benzene rings is 3. The topological polar surface area (TPSA) is 118 Å². The van der Waals surface area contributed by atoms with Crippen LogP contribution in [0.5, 0.6) is 0 Å². The van der Waals surface area contributed by atoms with Gasteiger partial charge in [-0.15, -0.1) is 5.10 Å². The van der Waals surface area contributed by atoms with Crippen molar-refractivity contribution in [1.29, 1.82) is 0 Å². The standard InChI is InChI=1S/C28H24N8O/c1-2-5-26-29-24-13-12-20(23-14-15-27(37)31-30-23)16-25(24)36(26)17-18-8-10-19(11-9-18)21-6-3-4-7-22(21)28-32-34-35-33-28/h3-4,6-16H,2,5,17H2,1H3,(H,31,37)(H,32,33,34,35). The number of hydrogen-bond acceptors (Lipinski definition) is 6. The lowest BCUT2D eigenvalue weighted by Crippen LogP contribution is -2.06. The van der Waals surface area contributed by atoms with E-state index < -0.39 is 0 Å². The van der Waals surface area contributed by atoms with Gasteiger partial charge < -0.3 is 4.57 Å². The minimum Gasteiger partial charge on any atom is -0.323 e. The number of aromatic amines is 2. The number of rotatable bonds is 7. The van der Waals surface area contributed by atoms with Gasteiger partial charge in [0.25, 0.3) is 5.56 Å². The predicted molar refractivity (Wildman–Crippen MR) is 142 cm³/mol. The van der Waals surface area contributed by atoms with E-state index in [1.807, 2.05) is 30.3 Å². The van der Waals surface area contributed by atoms with Gasteiger partial charge in [-0.25, -0.2) is 15.2 Å². The maximum absolute atomic E-state index is 11.4.